The number of ether oxygens (including phenoxy) is 1. The molecule has 1 atom stereocenters. The molecule has 0 radical (unpaired) electrons. The van der Waals surface area contributed by atoms with E-state index in [-0.39, 0.29) is 24.6 Å². The number of anilines is 1. The molecule has 1 unspecified atom stereocenters. The Bertz CT molecular complexity index is 939. The number of rotatable bonds is 6. The molecule has 1 fully saturated rings. The monoisotopic (exact) mass is 428 g/mol. The average molecular weight is 429 g/mol. The number of likely N-dealkylation sites (tertiary alicyclic amines) is 1. The number of nitrogens with one attached hydrogen (secondary N) is 1. The third-order valence-electron chi connectivity index (χ3n) is 6.45. The number of carbonyl (C=O) groups is 1. The van der Waals surface area contributed by atoms with Crippen LogP contribution in [0, 0.1) is 5.82 Å². The summed E-state index contributed by atoms with van der Waals surface area (Å²) in [5.41, 5.74) is 2.45. The third-order valence-corrected chi connectivity index (χ3v) is 6.45. The number of nitrogens with zero attached hydrogens (tertiary/aromatic N) is 1. The normalized spacial score (nSPS) is 19.5. The first kappa shape index (κ1) is 21.9. The standard InChI is InChI=1S/C24H29FN2O4/c1-31-15-16-2-5-18(6-3-16)24(30)10-12-27(13-11-24)22(29)14-17-4-8-20-19(23(17)25)7-9-21(28)26-20/h2-6,8,22,29-30H,7,9-15H2,1H3,(H,26,28). The number of fused-ring (bicyclic) bond motifs is 1. The molecule has 0 saturated carbocycles. The smallest absolute Gasteiger partial charge is 0.224 e. The maximum absolute atomic E-state index is 14.9. The van der Waals surface area contributed by atoms with Crippen molar-refractivity contribution >= 4 is 11.6 Å². The van der Waals surface area contributed by atoms with Crippen molar-refractivity contribution in [2.45, 2.75) is 50.5 Å². The van der Waals surface area contributed by atoms with Crippen molar-refractivity contribution in [1.82, 2.24) is 4.90 Å². The summed E-state index contributed by atoms with van der Waals surface area (Å²) in [6.07, 6.45) is 0.958. The SMILES string of the molecule is COCc1ccc(C2(O)CCN(C(O)Cc3ccc4c(c3F)CCC(=O)N4)CC2)cc1. The molecule has 2 aromatic carbocycles. The molecular weight excluding hydrogens is 399 g/mol. The van der Waals surface area contributed by atoms with Crippen LogP contribution in [-0.2, 0) is 34.6 Å². The van der Waals surface area contributed by atoms with Crippen LogP contribution in [0.2, 0.25) is 0 Å². The molecule has 0 aromatic heterocycles. The molecule has 0 aliphatic carbocycles. The second-order valence-electron chi connectivity index (χ2n) is 8.50. The predicted octanol–water partition coefficient (Wildman–Crippen LogP) is 2.70. The lowest BCUT2D eigenvalue weighted by molar-refractivity contribution is -0.116. The van der Waals surface area contributed by atoms with E-state index in [1.54, 1.807) is 19.2 Å². The molecule has 0 bridgehead atoms. The van der Waals surface area contributed by atoms with E-state index in [1.807, 2.05) is 29.2 Å². The fourth-order valence-corrected chi connectivity index (χ4v) is 4.52. The number of carbonyl (C=O) groups excluding carboxylic acids is 1. The summed E-state index contributed by atoms with van der Waals surface area (Å²) < 4.78 is 20.0. The first-order chi connectivity index (χ1) is 14.9. The number of aliphatic hydroxyl groups is 2. The van der Waals surface area contributed by atoms with Crippen molar-refractivity contribution < 1.29 is 24.1 Å². The lowest BCUT2D eigenvalue weighted by Crippen LogP contribution is -2.47. The Morgan fingerprint density at radius 1 is 1.16 bits per heavy atom. The number of hydrogen-bond donors (Lipinski definition) is 3. The Kier molecular flexibility index (Phi) is 6.39. The summed E-state index contributed by atoms with van der Waals surface area (Å²) in [6.45, 7) is 1.56. The van der Waals surface area contributed by atoms with Gasteiger partial charge < -0.3 is 20.3 Å². The van der Waals surface area contributed by atoms with Gasteiger partial charge in [-0.25, -0.2) is 4.39 Å². The van der Waals surface area contributed by atoms with Crippen LogP contribution in [0.15, 0.2) is 36.4 Å². The third kappa shape index (κ3) is 4.65. The highest BCUT2D eigenvalue weighted by atomic mass is 19.1. The topological polar surface area (TPSA) is 82.0 Å². The summed E-state index contributed by atoms with van der Waals surface area (Å²) in [7, 11) is 1.65. The van der Waals surface area contributed by atoms with Crippen LogP contribution in [0.5, 0.6) is 0 Å². The van der Waals surface area contributed by atoms with E-state index in [0.29, 0.717) is 55.8 Å². The van der Waals surface area contributed by atoms with Gasteiger partial charge in [-0.3, -0.25) is 9.69 Å². The highest BCUT2D eigenvalue weighted by Crippen LogP contribution is 2.34. The molecule has 3 N–H and O–H groups in total. The van der Waals surface area contributed by atoms with Crippen LogP contribution in [0.25, 0.3) is 0 Å². The lowest BCUT2D eigenvalue weighted by atomic mass is 9.84. The maximum Gasteiger partial charge on any atom is 0.224 e. The van der Waals surface area contributed by atoms with Crippen molar-refractivity contribution in [2.24, 2.45) is 0 Å². The zero-order chi connectivity index (χ0) is 22.0. The molecule has 4 rings (SSSR count). The summed E-state index contributed by atoms with van der Waals surface area (Å²) in [5, 5.41) is 24.5. The van der Waals surface area contributed by atoms with Crippen LogP contribution >= 0.6 is 0 Å². The largest absolute Gasteiger partial charge is 0.385 e. The fraction of sp³-hybridized carbons (Fsp3) is 0.458. The molecule has 166 valence electrons. The zero-order valence-electron chi connectivity index (χ0n) is 17.7. The van der Waals surface area contributed by atoms with E-state index in [0.717, 1.165) is 11.1 Å². The molecular formula is C24H29FN2O4. The zero-order valence-corrected chi connectivity index (χ0v) is 17.7. The minimum Gasteiger partial charge on any atom is -0.385 e. The van der Waals surface area contributed by atoms with Crippen molar-refractivity contribution in [3.05, 3.63) is 64.5 Å². The molecule has 1 saturated heterocycles. The molecule has 1 amide bonds. The first-order valence-corrected chi connectivity index (χ1v) is 10.7. The highest BCUT2D eigenvalue weighted by Gasteiger charge is 2.36. The minimum absolute atomic E-state index is 0.103. The van der Waals surface area contributed by atoms with Crippen LogP contribution in [0.1, 0.15) is 41.5 Å². The van der Waals surface area contributed by atoms with Crippen molar-refractivity contribution in [2.75, 3.05) is 25.5 Å². The van der Waals surface area contributed by atoms with Crippen LogP contribution < -0.4 is 5.32 Å². The van der Waals surface area contributed by atoms with Crippen LogP contribution in [-0.4, -0.2) is 47.4 Å². The van der Waals surface area contributed by atoms with Gasteiger partial charge in [0, 0.05) is 44.3 Å². The summed E-state index contributed by atoms with van der Waals surface area (Å²) >= 11 is 0. The molecule has 6 nitrogen and oxygen atoms in total. The van der Waals surface area contributed by atoms with Crippen LogP contribution in [0.3, 0.4) is 0 Å². The van der Waals surface area contributed by atoms with Gasteiger partial charge in [-0.15, -0.1) is 0 Å². The van der Waals surface area contributed by atoms with Crippen LogP contribution in [0.4, 0.5) is 10.1 Å². The number of piperidine rings is 1. The van der Waals surface area contributed by atoms with E-state index in [2.05, 4.69) is 5.32 Å². The van der Waals surface area contributed by atoms with E-state index in [1.165, 1.54) is 0 Å². The molecule has 7 heteroatoms. The number of halogens is 1. The fourth-order valence-electron chi connectivity index (χ4n) is 4.52. The van der Waals surface area contributed by atoms with E-state index >= 15 is 0 Å². The van der Waals surface area contributed by atoms with Gasteiger partial charge in [-0.1, -0.05) is 30.3 Å². The molecule has 2 heterocycles. The average Bonchev–Trinajstić information content (AvgIpc) is 2.77. The van der Waals surface area contributed by atoms with E-state index in [4.69, 9.17) is 4.74 Å². The Morgan fingerprint density at radius 2 is 1.87 bits per heavy atom. The second kappa shape index (κ2) is 9.04. The van der Waals surface area contributed by atoms with Crippen molar-refractivity contribution in [1.29, 1.82) is 0 Å². The summed E-state index contributed by atoms with van der Waals surface area (Å²) in [6, 6.07) is 11.1. The predicted molar refractivity (Wildman–Crippen MR) is 115 cm³/mol. The number of methoxy groups -OCH3 is 1. The Hall–Kier alpha value is -2.32. The summed E-state index contributed by atoms with van der Waals surface area (Å²) in [4.78, 5) is 13.4. The van der Waals surface area contributed by atoms with Gasteiger partial charge in [0.1, 0.15) is 12.0 Å². The Labute approximate surface area is 181 Å². The Morgan fingerprint density at radius 3 is 2.55 bits per heavy atom. The van der Waals surface area contributed by atoms with Gasteiger partial charge in [0.25, 0.3) is 0 Å². The first-order valence-electron chi connectivity index (χ1n) is 10.7. The highest BCUT2D eigenvalue weighted by molar-refractivity contribution is 5.93. The lowest BCUT2D eigenvalue weighted by Gasteiger charge is -2.40. The van der Waals surface area contributed by atoms with Gasteiger partial charge in [0.2, 0.25) is 5.91 Å². The van der Waals surface area contributed by atoms with Gasteiger partial charge in [-0.05, 0) is 42.0 Å². The number of hydrogen-bond acceptors (Lipinski definition) is 5. The van der Waals surface area contributed by atoms with E-state index in [9.17, 15) is 19.4 Å². The van der Waals surface area contributed by atoms with Gasteiger partial charge in [0.05, 0.1) is 12.2 Å². The van der Waals surface area contributed by atoms with Crippen molar-refractivity contribution in [3.8, 4) is 0 Å². The molecule has 31 heavy (non-hydrogen) atoms. The van der Waals surface area contributed by atoms with Gasteiger partial charge >= 0.3 is 0 Å². The van der Waals surface area contributed by atoms with Gasteiger partial charge in [0.15, 0.2) is 0 Å². The second-order valence-corrected chi connectivity index (χ2v) is 8.50. The molecule has 2 aliphatic rings. The number of benzene rings is 2. The summed E-state index contributed by atoms with van der Waals surface area (Å²) in [5.74, 6) is -0.449. The molecule has 0 spiro atoms. The number of amides is 1. The molecule has 2 aliphatic heterocycles. The molecule has 2 aromatic rings. The van der Waals surface area contributed by atoms with Crippen molar-refractivity contribution in [3.63, 3.8) is 0 Å². The number of aliphatic hydroxyl groups excluding tert-OH is 1. The van der Waals surface area contributed by atoms with E-state index < -0.39 is 11.8 Å². The minimum atomic E-state index is -0.933. The Balaban J connectivity index is 1.38. The maximum atomic E-state index is 14.9. The van der Waals surface area contributed by atoms with Gasteiger partial charge in [-0.2, -0.15) is 0 Å². The quantitative estimate of drug-likeness (QED) is 0.659.